The minimum Gasteiger partial charge on any atom is -0.451 e. The van der Waals surface area contributed by atoms with Crippen LogP contribution in [0.3, 0.4) is 0 Å². The van der Waals surface area contributed by atoms with Gasteiger partial charge in [-0.3, -0.25) is 4.79 Å². The van der Waals surface area contributed by atoms with Gasteiger partial charge in [0.15, 0.2) is 6.61 Å². The second-order valence-electron chi connectivity index (χ2n) is 6.26. The van der Waals surface area contributed by atoms with E-state index in [0.29, 0.717) is 22.5 Å². The van der Waals surface area contributed by atoms with Gasteiger partial charge in [0, 0.05) is 16.9 Å². The van der Waals surface area contributed by atoms with Crippen LogP contribution >= 0.6 is 0 Å². The number of aromatic nitrogens is 1. The number of anilines is 1. The molecule has 6 nitrogen and oxygen atoms in total. The summed E-state index contributed by atoms with van der Waals surface area (Å²) in [4.78, 5) is 27.1. The lowest BCUT2D eigenvalue weighted by Gasteiger charge is -2.08. The Labute approximate surface area is 147 Å². The van der Waals surface area contributed by atoms with Crippen molar-refractivity contribution in [1.82, 2.24) is 4.98 Å². The standard InChI is InChI=1S/C19H24N2O4/c1-10-6-7-15(8-11(10)2)21-16(23)9-25-19(24)18-12(3)17(14(5)22)13(4)20-18/h6-8,14,20,22H,9H2,1-5H3,(H,21,23)/t14-/m0/s1. The van der Waals surface area contributed by atoms with Crippen LogP contribution in [0, 0.1) is 27.7 Å². The molecule has 0 fully saturated rings. The van der Waals surface area contributed by atoms with Gasteiger partial charge in [0.05, 0.1) is 6.10 Å². The van der Waals surface area contributed by atoms with E-state index in [-0.39, 0.29) is 12.3 Å². The molecule has 1 aromatic carbocycles. The summed E-state index contributed by atoms with van der Waals surface area (Å²) in [5, 5.41) is 12.5. The highest BCUT2D eigenvalue weighted by atomic mass is 16.5. The smallest absolute Gasteiger partial charge is 0.355 e. The number of esters is 1. The zero-order chi connectivity index (χ0) is 18.7. The molecule has 1 aromatic heterocycles. The van der Waals surface area contributed by atoms with E-state index >= 15 is 0 Å². The lowest BCUT2D eigenvalue weighted by atomic mass is 10.1. The zero-order valence-electron chi connectivity index (χ0n) is 15.2. The number of ether oxygens (including phenoxy) is 1. The van der Waals surface area contributed by atoms with Crippen LogP contribution < -0.4 is 5.32 Å². The van der Waals surface area contributed by atoms with Gasteiger partial charge >= 0.3 is 5.97 Å². The number of carbonyl (C=O) groups excluding carboxylic acids is 2. The average molecular weight is 344 g/mol. The summed E-state index contributed by atoms with van der Waals surface area (Å²) >= 11 is 0. The molecule has 134 valence electrons. The van der Waals surface area contributed by atoms with Crippen molar-refractivity contribution in [2.45, 2.75) is 40.7 Å². The number of carbonyl (C=O) groups is 2. The molecule has 0 aliphatic rings. The van der Waals surface area contributed by atoms with Gasteiger partial charge in [0.25, 0.3) is 5.91 Å². The summed E-state index contributed by atoms with van der Waals surface area (Å²) in [5.41, 5.74) is 5.13. The van der Waals surface area contributed by atoms with E-state index < -0.39 is 18.0 Å². The van der Waals surface area contributed by atoms with Gasteiger partial charge in [-0.25, -0.2) is 4.79 Å². The van der Waals surface area contributed by atoms with E-state index in [2.05, 4.69) is 10.3 Å². The van der Waals surface area contributed by atoms with Crippen LogP contribution in [-0.2, 0) is 9.53 Å². The first-order chi connectivity index (χ1) is 11.7. The van der Waals surface area contributed by atoms with Crippen molar-refractivity contribution >= 4 is 17.6 Å². The molecule has 25 heavy (non-hydrogen) atoms. The van der Waals surface area contributed by atoms with Crippen LogP contribution in [0.2, 0.25) is 0 Å². The maximum atomic E-state index is 12.2. The van der Waals surface area contributed by atoms with Crippen LogP contribution in [0.15, 0.2) is 18.2 Å². The van der Waals surface area contributed by atoms with Gasteiger partial charge < -0.3 is 20.1 Å². The Balaban J connectivity index is 1.99. The maximum absolute atomic E-state index is 12.2. The van der Waals surface area contributed by atoms with Crippen molar-refractivity contribution in [3.05, 3.63) is 51.8 Å². The van der Waals surface area contributed by atoms with Crippen molar-refractivity contribution in [1.29, 1.82) is 0 Å². The monoisotopic (exact) mass is 344 g/mol. The second-order valence-corrected chi connectivity index (χ2v) is 6.26. The van der Waals surface area contributed by atoms with Crippen molar-refractivity contribution in [2.75, 3.05) is 11.9 Å². The maximum Gasteiger partial charge on any atom is 0.355 e. The Kier molecular flexibility index (Phi) is 5.64. The van der Waals surface area contributed by atoms with E-state index in [4.69, 9.17) is 4.74 Å². The van der Waals surface area contributed by atoms with Crippen LogP contribution in [0.1, 0.15) is 51.5 Å². The predicted molar refractivity (Wildman–Crippen MR) is 95.7 cm³/mol. The van der Waals surface area contributed by atoms with Crippen LogP contribution in [-0.4, -0.2) is 28.6 Å². The lowest BCUT2D eigenvalue weighted by Crippen LogP contribution is -2.21. The molecule has 0 unspecified atom stereocenters. The highest BCUT2D eigenvalue weighted by Gasteiger charge is 2.21. The van der Waals surface area contributed by atoms with Gasteiger partial charge in [-0.15, -0.1) is 0 Å². The minimum atomic E-state index is -0.689. The molecule has 0 radical (unpaired) electrons. The van der Waals surface area contributed by atoms with Gasteiger partial charge in [0.1, 0.15) is 5.69 Å². The Morgan fingerprint density at radius 2 is 1.88 bits per heavy atom. The molecule has 1 amide bonds. The van der Waals surface area contributed by atoms with Crippen molar-refractivity contribution in [3.8, 4) is 0 Å². The summed E-state index contributed by atoms with van der Waals surface area (Å²) < 4.78 is 5.08. The van der Waals surface area contributed by atoms with Gasteiger partial charge in [-0.2, -0.15) is 0 Å². The normalized spacial score (nSPS) is 11.9. The molecule has 3 N–H and O–H groups in total. The Morgan fingerprint density at radius 3 is 2.44 bits per heavy atom. The fraction of sp³-hybridized carbons (Fsp3) is 0.368. The molecule has 1 atom stereocenters. The number of rotatable bonds is 5. The highest BCUT2D eigenvalue weighted by molar-refractivity contribution is 5.95. The minimum absolute atomic E-state index is 0.257. The Bertz CT molecular complexity index is 806. The molecule has 2 rings (SSSR count). The number of H-pyrrole nitrogens is 1. The number of aliphatic hydroxyl groups excluding tert-OH is 1. The molecule has 0 aliphatic heterocycles. The van der Waals surface area contributed by atoms with Crippen LogP contribution in [0.5, 0.6) is 0 Å². The largest absolute Gasteiger partial charge is 0.451 e. The third kappa shape index (κ3) is 4.28. The van der Waals surface area contributed by atoms with Crippen LogP contribution in [0.4, 0.5) is 5.69 Å². The summed E-state index contributed by atoms with van der Waals surface area (Å²) in [5.74, 6) is -1.03. The fourth-order valence-corrected chi connectivity index (χ4v) is 2.81. The third-order valence-corrected chi connectivity index (χ3v) is 4.24. The second kappa shape index (κ2) is 7.53. The van der Waals surface area contributed by atoms with Crippen molar-refractivity contribution in [2.24, 2.45) is 0 Å². The molecule has 0 saturated heterocycles. The van der Waals surface area contributed by atoms with E-state index in [1.54, 1.807) is 26.8 Å². The SMILES string of the molecule is Cc1ccc(NC(=O)COC(=O)c2[nH]c(C)c([C@H](C)O)c2C)cc1C. The van der Waals surface area contributed by atoms with Crippen molar-refractivity contribution in [3.63, 3.8) is 0 Å². The molecule has 0 aliphatic carbocycles. The summed E-state index contributed by atoms with van der Waals surface area (Å²) in [6, 6.07) is 5.58. The number of aryl methyl sites for hydroxylation is 3. The van der Waals surface area contributed by atoms with Gasteiger partial charge in [-0.05, 0) is 63.4 Å². The molecular weight excluding hydrogens is 320 g/mol. The topological polar surface area (TPSA) is 91.4 Å². The van der Waals surface area contributed by atoms with Crippen molar-refractivity contribution < 1.29 is 19.4 Å². The summed E-state index contributed by atoms with van der Waals surface area (Å²) in [6.07, 6.45) is -0.689. The summed E-state index contributed by atoms with van der Waals surface area (Å²) in [7, 11) is 0. The molecule has 0 bridgehead atoms. The van der Waals surface area contributed by atoms with E-state index in [9.17, 15) is 14.7 Å². The number of hydrogen-bond acceptors (Lipinski definition) is 4. The first-order valence-corrected chi connectivity index (χ1v) is 8.12. The molecule has 0 spiro atoms. The lowest BCUT2D eigenvalue weighted by molar-refractivity contribution is -0.119. The summed E-state index contributed by atoms with van der Waals surface area (Å²) in [6.45, 7) is 8.71. The average Bonchev–Trinajstić information content (AvgIpc) is 2.83. The third-order valence-electron chi connectivity index (χ3n) is 4.24. The van der Waals surface area contributed by atoms with Gasteiger partial charge in [-0.1, -0.05) is 6.07 Å². The highest BCUT2D eigenvalue weighted by Crippen LogP contribution is 2.24. The van der Waals surface area contributed by atoms with E-state index in [0.717, 1.165) is 11.1 Å². The Hall–Kier alpha value is -2.60. The number of aromatic amines is 1. The van der Waals surface area contributed by atoms with Gasteiger partial charge in [0.2, 0.25) is 0 Å². The van der Waals surface area contributed by atoms with E-state index in [1.807, 2.05) is 26.0 Å². The first-order valence-electron chi connectivity index (χ1n) is 8.12. The van der Waals surface area contributed by atoms with Crippen LogP contribution in [0.25, 0.3) is 0 Å². The quantitative estimate of drug-likeness (QED) is 0.727. The molecule has 0 saturated carbocycles. The molecule has 1 heterocycles. The molecule has 6 heteroatoms. The zero-order valence-corrected chi connectivity index (χ0v) is 15.2. The Morgan fingerprint density at radius 1 is 1.20 bits per heavy atom. The molecule has 2 aromatic rings. The number of benzene rings is 1. The van der Waals surface area contributed by atoms with E-state index in [1.165, 1.54) is 0 Å². The molecular formula is C19H24N2O4. The number of nitrogens with one attached hydrogen (secondary N) is 2. The number of hydrogen-bond donors (Lipinski definition) is 3. The fourth-order valence-electron chi connectivity index (χ4n) is 2.81. The number of aliphatic hydroxyl groups is 1. The first kappa shape index (κ1) is 18.7. The number of amides is 1. The predicted octanol–water partition coefficient (Wildman–Crippen LogP) is 3.10.